The van der Waals surface area contributed by atoms with Crippen LogP contribution in [0.2, 0.25) is 0 Å². The van der Waals surface area contributed by atoms with Crippen molar-refractivity contribution in [1.29, 1.82) is 0 Å². The Hall–Kier alpha value is -2.61. The Morgan fingerprint density at radius 1 is 1.04 bits per heavy atom. The van der Waals surface area contributed by atoms with Gasteiger partial charge in [-0.15, -0.1) is 0 Å². The number of aromatic hydroxyl groups is 1. The highest BCUT2D eigenvalue weighted by Gasteiger charge is 2.66. The lowest BCUT2D eigenvalue weighted by molar-refractivity contribution is -0.183. The number of allylic oxidation sites excluding steroid dienone is 2. The molecule has 0 aliphatic heterocycles. The zero-order chi connectivity index (χ0) is 19.1. The van der Waals surface area contributed by atoms with Crippen molar-refractivity contribution >= 4 is 17.3 Å². The van der Waals surface area contributed by atoms with Gasteiger partial charge in [0.15, 0.2) is 23.0 Å². The predicted octanol–water partition coefficient (Wildman–Crippen LogP) is 0.214. The quantitative estimate of drug-likeness (QED) is 0.522. The first-order valence-corrected chi connectivity index (χ1v) is 8.08. The van der Waals surface area contributed by atoms with Gasteiger partial charge in [0.2, 0.25) is 0 Å². The summed E-state index contributed by atoms with van der Waals surface area (Å²) in [5.41, 5.74) is -7.55. The van der Waals surface area contributed by atoms with Crippen LogP contribution >= 0.6 is 0 Å². The topological polar surface area (TPSA) is 132 Å². The average Bonchev–Trinajstić information content (AvgIpc) is 2.53. The van der Waals surface area contributed by atoms with Gasteiger partial charge in [0.1, 0.15) is 11.4 Å². The summed E-state index contributed by atoms with van der Waals surface area (Å²) in [6.45, 7) is 1.35. The van der Waals surface area contributed by atoms with Crippen LogP contribution in [0.25, 0.3) is 0 Å². The fourth-order valence-corrected chi connectivity index (χ4v) is 4.23. The maximum atomic E-state index is 13.0. The van der Waals surface area contributed by atoms with Gasteiger partial charge in [0.05, 0.1) is 16.7 Å². The standard InChI is InChI=1S/C19H16O7/c1-17(24)7-12(21)19(26)14-10(5-6-18(19,25)8-17)15(22)13-9(16(14)23)3-2-4-11(13)20/h2-6,20,24-26H,7-8H2,1H3/t17-,18-,19-/m0/s1. The van der Waals surface area contributed by atoms with E-state index in [1.165, 1.54) is 25.1 Å². The van der Waals surface area contributed by atoms with E-state index in [-0.39, 0.29) is 28.9 Å². The molecule has 7 nitrogen and oxygen atoms in total. The average molecular weight is 356 g/mol. The minimum atomic E-state index is -2.64. The number of phenolic OH excluding ortho intramolecular Hbond substituents is 1. The van der Waals surface area contributed by atoms with Gasteiger partial charge >= 0.3 is 0 Å². The lowest BCUT2D eigenvalue weighted by Gasteiger charge is -2.51. The second kappa shape index (κ2) is 4.76. The summed E-state index contributed by atoms with van der Waals surface area (Å²) < 4.78 is 0. The van der Waals surface area contributed by atoms with Crippen molar-refractivity contribution in [3.8, 4) is 5.75 Å². The smallest absolute Gasteiger partial charge is 0.198 e. The molecular formula is C19H16O7. The maximum absolute atomic E-state index is 13.0. The lowest BCUT2D eigenvalue weighted by Crippen LogP contribution is -2.69. The van der Waals surface area contributed by atoms with Crippen LogP contribution in [0.4, 0.5) is 0 Å². The third-order valence-corrected chi connectivity index (χ3v) is 5.36. The zero-order valence-corrected chi connectivity index (χ0v) is 13.8. The van der Waals surface area contributed by atoms with Crippen LogP contribution in [0.1, 0.15) is 40.5 Å². The first-order chi connectivity index (χ1) is 12.0. The molecule has 0 unspecified atom stereocenters. The molecule has 0 bridgehead atoms. The maximum Gasteiger partial charge on any atom is 0.198 e. The number of rotatable bonds is 0. The number of benzene rings is 1. The molecule has 26 heavy (non-hydrogen) atoms. The van der Waals surface area contributed by atoms with E-state index in [2.05, 4.69) is 0 Å². The summed E-state index contributed by atoms with van der Waals surface area (Å²) in [5, 5.41) is 42.3. The molecule has 0 radical (unpaired) electrons. The fourth-order valence-electron chi connectivity index (χ4n) is 4.23. The molecule has 1 saturated carbocycles. The van der Waals surface area contributed by atoms with Crippen LogP contribution in [0.5, 0.6) is 5.75 Å². The zero-order valence-electron chi connectivity index (χ0n) is 13.8. The summed E-state index contributed by atoms with van der Waals surface area (Å²) in [6, 6.07) is 3.94. The monoisotopic (exact) mass is 356 g/mol. The predicted molar refractivity (Wildman–Crippen MR) is 87.7 cm³/mol. The van der Waals surface area contributed by atoms with Gasteiger partial charge in [-0.05, 0) is 19.1 Å². The van der Waals surface area contributed by atoms with E-state index in [0.717, 1.165) is 12.2 Å². The third-order valence-electron chi connectivity index (χ3n) is 5.36. The Labute approximate surface area is 147 Å². The number of fused-ring (bicyclic) bond motifs is 3. The largest absolute Gasteiger partial charge is 0.507 e. The van der Waals surface area contributed by atoms with E-state index in [9.17, 15) is 34.8 Å². The first-order valence-electron chi connectivity index (χ1n) is 8.08. The molecule has 4 rings (SSSR count). The van der Waals surface area contributed by atoms with Crippen molar-refractivity contribution in [2.24, 2.45) is 0 Å². The number of hydrogen-bond acceptors (Lipinski definition) is 7. The molecule has 0 saturated heterocycles. The van der Waals surface area contributed by atoms with Crippen LogP contribution in [0.3, 0.4) is 0 Å². The fraction of sp³-hybridized carbons (Fsp3) is 0.316. The molecular weight excluding hydrogens is 340 g/mol. The van der Waals surface area contributed by atoms with Gasteiger partial charge in [-0.25, -0.2) is 0 Å². The molecule has 1 fully saturated rings. The Morgan fingerprint density at radius 2 is 1.73 bits per heavy atom. The molecule has 3 aliphatic carbocycles. The first kappa shape index (κ1) is 16.8. The van der Waals surface area contributed by atoms with Crippen LogP contribution in [0, 0.1) is 0 Å². The second-order valence-corrected chi connectivity index (χ2v) is 7.39. The van der Waals surface area contributed by atoms with Crippen LogP contribution in [-0.2, 0) is 4.79 Å². The summed E-state index contributed by atoms with van der Waals surface area (Å²) in [6.07, 6.45) is 1.36. The minimum absolute atomic E-state index is 0.148. The molecule has 134 valence electrons. The molecule has 4 N–H and O–H groups in total. The summed E-state index contributed by atoms with van der Waals surface area (Å²) in [7, 11) is 0. The molecule has 0 spiro atoms. The van der Waals surface area contributed by atoms with Gasteiger partial charge in [0.25, 0.3) is 0 Å². The molecule has 3 atom stereocenters. The van der Waals surface area contributed by atoms with Crippen molar-refractivity contribution in [1.82, 2.24) is 0 Å². The molecule has 1 aromatic carbocycles. The number of carbonyl (C=O) groups excluding carboxylic acids is 3. The summed E-state index contributed by atoms with van der Waals surface area (Å²) in [4.78, 5) is 38.5. The number of hydrogen-bond donors (Lipinski definition) is 4. The van der Waals surface area contributed by atoms with Crippen molar-refractivity contribution < 1.29 is 34.8 Å². The molecule has 0 aromatic heterocycles. The van der Waals surface area contributed by atoms with Crippen LogP contribution in [0.15, 0.2) is 41.5 Å². The number of ketones is 3. The van der Waals surface area contributed by atoms with Crippen molar-refractivity contribution in [3.63, 3.8) is 0 Å². The van der Waals surface area contributed by atoms with E-state index in [0.29, 0.717) is 0 Å². The SMILES string of the molecule is C[C@]1(O)CC(=O)[C@]2(O)C3=C(C=C[C@]2(O)C1)C(=O)c1c(O)cccc1C3=O. The number of phenols is 1. The Bertz CT molecular complexity index is 968. The Morgan fingerprint density at radius 3 is 2.42 bits per heavy atom. The van der Waals surface area contributed by atoms with E-state index < -0.39 is 46.1 Å². The Balaban J connectivity index is 1.99. The van der Waals surface area contributed by atoms with Crippen LogP contribution in [-0.4, -0.2) is 54.6 Å². The lowest BCUT2D eigenvalue weighted by atomic mass is 9.57. The van der Waals surface area contributed by atoms with E-state index in [1.54, 1.807) is 0 Å². The molecule has 7 heteroatoms. The van der Waals surface area contributed by atoms with E-state index in [4.69, 9.17) is 0 Å². The summed E-state index contributed by atoms with van der Waals surface area (Å²) >= 11 is 0. The minimum Gasteiger partial charge on any atom is -0.507 e. The van der Waals surface area contributed by atoms with Gasteiger partial charge < -0.3 is 20.4 Å². The van der Waals surface area contributed by atoms with Crippen molar-refractivity contribution in [3.05, 3.63) is 52.6 Å². The van der Waals surface area contributed by atoms with E-state index >= 15 is 0 Å². The molecule has 3 aliphatic rings. The van der Waals surface area contributed by atoms with Gasteiger partial charge in [-0.1, -0.05) is 18.2 Å². The normalized spacial score (nSPS) is 35.9. The van der Waals surface area contributed by atoms with Crippen molar-refractivity contribution in [2.75, 3.05) is 0 Å². The number of carbonyl (C=O) groups is 3. The number of aliphatic hydroxyl groups is 3. The number of Topliss-reactive ketones (excluding diaryl/α,β-unsaturated/α-hetero) is 3. The summed E-state index contributed by atoms with van der Waals surface area (Å²) in [5.74, 6) is -2.86. The Kier molecular flexibility index (Phi) is 3.08. The molecule has 1 aromatic rings. The van der Waals surface area contributed by atoms with Gasteiger partial charge in [0, 0.05) is 24.0 Å². The van der Waals surface area contributed by atoms with Crippen LogP contribution < -0.4 is 0 Å². The third kappa shape index (κ3) is 1.85. The van der Waals surface area contributed by atoms with Gasteiger partial charge in [-0.3, -0.25) is 14.4 Å². The second-order valence-electron chi connectivity index (χ2n) is 7.39. The molecule has 0 heterocycles. The van der Waals surface area contributed by atoms with Crippen molar-refractivity contribution in [2.45, 2.75) is 36.6 Å². The molecule has 0 amide bonds. The highest BCUT2D eigenvalue weighted by atomic mass is 16.4. The van der Waals surface area contributed by atoms with Gasteiger partial charge in [-0.2, -0.15) is 0 Å². The highest BCUT2D eigenvalue weighted by molar-refractivity contribution is 6.31. The highest BCUT2D eigenvalue weighted by Crippen LogP contribution is 2.50. The van der Waals surface area contributed by atoms with E-state index in [1.807, 2.05) is 0 Å².